The summed E-state index contributed by atoms with van der Waals surface area (Å²) in [5.41, 5.74) is 1.87. The van der Waals surface area contributed by atoms with Crippen LogP contribution < -0.4 is 5.32 Å². The number of hydrogen-bond donors (Lipinski definition) is 1. The van der Waals surface area contributed by atoms with E-state index in [1.807, 2.05) is 44.4 Å². The van der Waals surface area contributed by atoms with Gasteiger partial charge in [0.1, 0.15) is 5.82 Å². The van der Waals surface area contributed by atoms with Crippen molar-refractivity contribution < 1.29 is 9.18 Å². The van der Waals surface area contributed by atoms with Crippen LogP contribution in [-0.4, -0.2) is 31.4 Å². The maximum atomic E-state index is 13.2. The third-order valence-corrected chi connectivity index (χ3v) is 3.90. The summed E-state index contributed by atoms with van der Waals surface area (Å²) < 4.78 is 13.2. The zero-order valence-corrected chi connectivity index (χ0v) is 14.3. The first-order valence-electron chi connectivity index (χ1n) is 8.31. The molecule has 24 heavy (non-hydrogen) atoms. The smallest absolute Gasteiger partial charge is 0.220 e. The number of rotatable bonds is 8. The molecule has 2 aromatic carbocycles. The molecule has 1 N–H and O–H groups in total. The first-order valence-corrected chi connectivity index (χ1v) is 8.31. The van der Waals surface area contributed by atoms with Gasteiger partial charge in [-0.25, -0.2) is 4.39 Å². The Balaban J connectivity index is 2.04. The van der Waals surface area contributed by atoms with Gasteiger partial charge in [0.15, 0.2) is 0 Å². The van der Waals surface area contributed by atoms with E-state index >= 15 is 0 Å². The molecule has 0 spiro atoms. The monoisotopic (exact) mass is 328 g/mol. The van der Waals surface area contributed by atoms with Crippen molar-refractivity contribution in [2.45, 2.75) is 25.3 Å². The van der Waals surface area contributed by atoms with E-state index < -0.39 is 0 Å². The second kappa shape index (κ2) is 9.18. The maximum Gasteiger partial charge on any atom is 0.220 e. The lowest BCUT2D eigenvalue weighted by molar-refractivity contribution is -0.121. The maximum absolute atomic E-state index is 13.2. The van der Waals surface area contributed by atoms with E-state index in [0.29, 0.717) is 6.42 Å². The predicted octanol–water partition coefficient (Wildman–Crippen LogP) is 3.76. The molecule has 0 radical (unpaired) electrons. The molecule has 1 atom stereocenters. The summed E-state index contributed by atoms with van der Waals surface area (Å²) in [6, 6.07) is 15.8. The highest BCUT2D eigenvalue weighted by atomic mass is 19.1. The molecular formula is C20H25FN2O. The molecule has 0 fully saturated rings. The summed E-state index contributed by atoms with van der Waals surface area (Å²) >= 11 is 0. The van der Waals surface area contributed by atoms with Crippen LogP contribution in [0.25, 0.3) is 0 Å². The molecule has 2 aromatic rings. The number of nitrogens with one attached hydrogen (secondary N) is 1. The molecule has 4 heteroatoms. The van der Waals surface area contributed by atoms with Crippen LogP contribution in [0.5, 0.6) is 0 Å². The van der Waals surface area contributed by atoms with Gasteiger partial charge in [0, 0.05) is 6.42 Å². The standard InChI is InChI=1S/C20H25FN2O/c1-23(2)15-7-6-10-19(24)22-20(16-8-4-3-5-9-16)17-11-13-18(21)14-12-17/h3-5,8-9,11-14,20H,6-7,10,15H2,1-2H3,(H,22,24). The topological polar surface area (TPSA) is 32.3 Å². The van der Waals surface area contributed by atoms with E-state index in [4.69, 9.17) is 0 Å². The average molecular weight is 328 g/mol. The Kier molecular flexibility index (Phi) is 6.94. The molecule has 0 aliphatic heterocycles. The van der Waals surface area contributed by atoms with Crippen molar-refractivity contribution in [2.75, 3.05) is 20.6 Å². The molecule has 0 aliphatic carbocycles. The number of unbranched alkanes of at least 4 members (excludes halogenated alkanes) is 1. The first kappa shape index (κ1) is 18.1. The highest BCUT2D eigenvalue weighted by molar-refractivity contribution is 5.77. The third kappa shape index (κ3) is 5.78. The van der Waals surface area contributed by atoms with E-state index in [0.717, 1.165) is 30.5 Å². The number of halogens is 1. The molecule has 0 heterocycles. The molecule has 128 valence electrons. The molecule has 1 amide bonds. The number of carbonyl (C=O) groups excluding carboxylic acids is 1. The van der Waals surface area contributed by atoms with Crippen molar-refractivity contribution in [3.05, 3.63) is 71.5 Å². The highest BCUT2D eigenvalue weighted by Gasteiger charge is 2.16. The molecular weight excluding hydrogens is 303 g/mol. The van der Waals surface area contributed by atoms with Crippen molar-refractivity contribution in [2.24, 2.45) is 0 Å². The summed E-state index contributed by atoms with van der Waals surface area (Å²) in [5, 5.41) is 3.08. The van der Waals surface area contributed by atoms with Crippen molar-refractivity contribution in [1.82, 2.24) is 10.2 Å². The van der Waals surface area contributed by atoms with Gasteiger partial charge < -0.3 is 10.2 Å². The summed E-state index contributed by atoms with van der Waals surface area (Å²) in [7, 11) is 4.06. The summed E-state index contributed by atoms with van der Waals surface area (Å²) in [4.78, 5) is 14.4. The highest BCUT2D eigenvalue weighted by Crippen LogP contribution is 2.22. The Hall–Kier alpha value is -2.20. The predicted molar refractivity (Wildman–Crippen MR) is 95.2 cm³/mol. The second-order valence-corrected chi connectivity index (χ2v) is 6.22. The Morgan fingerprint density at radius 2 is 1.62 bits per heavy atom. The van der Waals surface area contributed by atoms with Gasteiger partial charge in [-0.05, 0) is 56.7 Å². The molecule has 0 saturated heterocycles. The molecule has 0 bridgehead atoms. The van der Waals surface area contributed by atoms with E-state index in [1.54, 1.807) is 12.1 Å². The van der Waals surface area contributed by atoms with Crippen LogP contribution in [0.1, 0.15) is 36.4 Å². The number of nitrogens with zero attached hydrogens (tertiary/aromatic N) is 1. The summed E-state index contributed by atoms with van der Waals surface area (Å²) in [6.07, 6.45) is 2.35. The van der Waals surface area contributed by atoms with Gasteiger partial charge in [-0.2, -0.15) is 0 Å². The first-order chi connectivity index (χ1) is 11.6. The minimum absolute atomic E-state index is 0.0203. The average Bonchev–Trinajstić information content (AvgIpc) is 2.58. The fraction of sp³-hybridized carbons (Fsp3) is 0.350. The van der Waals surface area contributed by atoms with E-state index in [1.165, 1.54) is 12.1 Å². The Morgan fingerprint density at radius 1 is 1.00 bits per heavy atom. The quantitative estimate of drug-likeness (QED) is 0.748. The number of amides is 1. The van der Waals surface area contributed by atoms with E-state index in [9.17, 15) is 9.18 Å². The number of benzene rings is 2. The third-order valence-electron chi connectivity index (χ3n) is 3.90. The summed E-state index contributed by atoms with van der Waals surface area (Å²) in [5.74, 6) is -0.257. The molecule has 0 saturated carbocycles. The normalized spacial score (nSPS) is 12.2. The molecule has 0 aliphatic rings. The zero-order valence-electron chi connectivity index (χ0n) is 14.3. The molecule has 1 unspecified atom stereocenters. The van der Waals surface area contributed by atoms with Crippen molar-refractivity contribution in [1.29, 1.82) is 0 Å². The van der Waals surface area contributed by atoms with E-state index in [2.05, 4.69) is 10.2 Å². The van der Waals surface area contributed by atoms with Crippen LogP contribution in [0.3, 0.4) is 0 Å². The lowest BCUT2D eigenvalue weighted by Gasteiger charge is -2.20. The minimum atomic E-state index is -0.277. The van der Waals surface area contributed by atoms with Gasteiger partial charge in [0.25, 0.3) is 0 Å². The largest absolute Gasteiger partial charge is 0.345 e. The van der Waals surface area contributed by atoms with Gasteiger partial charge in [-0.3, -0.25) is 4.79 Å². The van der Waals surface area contributed by atoms with E-state index in [-0.39, 0.29) is 17.8 Å². The van der Waals surface area contributed by atoms with Crippen LogP contribution in [0.4, 0.5) is 4.39 Å². The van der Waals surface area contributed by atoms with Crippen molar-refractivity contribution >= 4 is 5.91 Å². The van der Waals surface area contributed by atoms with Gasteiger partial charge in [-0.1, -0.05) is 42.5 Å². The van der Waals surface area contributed by atoms with Gasteiger partial charge in [0.05, 0.1) is 6.04 Å². The Morgan fingerprint density at radius 3 is 2.25 bits per heavy atom. The van der Waals surface area contributed by atoms with Crippen LogP contribution in [0.15, 0.2) is 54.6 Å². The Labute approximate surface area is 143 Å². The van der Waals surface area contributed by atoms with Crippen LogP contribution in [-0.2, 0) is 4.79 Å². The van der Waals surface area contributed by atoms with Crippen LogP contribution in [0.2, 0.25) is 0 Å². The Bertz CT molecular complexity index is 626. The van der Waals surface area contributed by atoms with Gasteiger partial charge in [-0.15, -0.1) is 0 Å². The fourth-order valence-corrected chi connectivity index (χ4v) is 2.61. The summed E-state index contributed by atoms with van der Waals surface area (Å²) in [6.45, 7) is 0.980. The zero-order chi connectivity index (χ0) is 17.4. The van der Waals surface area contributed by atoms with Crippen molar-refractivity contribution in [3.63, 3.8) is 0 Å². The van der Waals surface area contributed by atoms with Crippen LogP contribution >= 0.6 is 0 Å². The van der Waals surface area contributed by atoms with Crippen molar-refractivity contribution in [3.8, 4) is 0 Å². The molecule has 3 nitrogen and oxygen atoms in total. The number of hydrogen-bond acceptors (Lipinski definition) is 2. The lowest BCUT2D eigenvalue weighted by atomic mass is 9.98. The number of carbonyl (C=O) groups is 1. The lowest BCUT2D eigenvalue weighted by Crippen LogP contribution is -2.29. The SMILES string of the molecule is CN(C)CCCCC(=O)NC(c1ccccc1)c1ccc(F)cc1. The second-order valence-electron chi connectivity index (χ2n) is 6.22. The molecule has 0 aromatic heterocycles. The minimum Gasteiger partial charge on any atom is -0.345 e. The molecule has 2 rings (SSSR count). The van der Waals surface area contributed by atoms with Gasteiger partial charge in [0.2, 0.25) is 5.91 Å². The fourth-order valence-electron chi connectivity index (χ4n) is 2.61. The van der Waals surface area contributed by atoms with Gasteiger partial charge >= 0.3 is 0 Å². The van der Waals surface area contributed by atoms with Crippen LogP contribution in [0, 0.1) is 5.82 Å².